The Morgan fingerprint density at radius 3 is 2.42 bits per heavy atom. The lowest BCUT2D eigenvalue weighted by Crippen LogP contribution is -2.31. The SMILES string of the molecule is O=C1CCC(=O)N1c1ccc2nc(Cc3cc(CN4CCCCC4)nc(NC4CCC(O)CC4)n3)sc2c1. The van der Waals surface area contributed by atoms with Crippen molar-refractivity contribution in [1.29, 1.82) is 0 Å². The molecule has 0 atom stereocenters. The number of rotatable bonds is 7. The smallest absolute Gasteiger partial charge is 0.234 e. The highest BCUT2D eigenvalue weighted by atomic mass is 32.1. The van der Waals surface area contributed by atoms with Gasteiger partial charge < -0.3 is 10.4 Å². The molecule has 2 N–H and O–H groups in total. The van der Waals surface area contributed by atoms with Crippen LogP contribution in [-0.2, 0) is 22.6 Å². The van der Waals surface area contributed by atoms with Crippen LogP contribution in [0.3, 0.4) is 0 Å². The summed E-state index contributed by atoms with van der Waals surface area (Å²) in [6.07, 6.45) is 8.14. The van der Waals surface area contributed by atoms with Crippen molar-refractivity contribution in [2.24, 2.45) is 0 Å². The molecule has 200 valence electrons. The molecule has 0 radical (unpaired) electrons. The van der Waals surface area contributed by atoms with Crippen molar-refractivity contribution < 1.29 is 14.7 Å². The Morgan fingerprint density at radius 1 is 0.921 bits per heavy atom. The van der Waals surface area contributed by atoms with Crippen LogP contribution in [-0.4, -0.2) is 62.0 Å². The highest BCUT2D eigenvalue weighted by Crippen LogP contribution is 2.31. The van der Waals surface area contributed by atoms with E-state index in [0.29, 0.717) is 18.1 Å². The van der Waals surface area contributed by atoms with Gasteiger partial charge in [-0.05, 0) is 75.9 Å². The standard InChI is InChI=1S/C28H34N6O3S/c35-22-7-4-18(5-8-22)29-28-30-19(14-20(31-28)17-33-12-2-1-3-13-33)15-25-32-23-9-6-21(16-24(23)38-25)34-26(36)10-11-27(34)37/h6,9,14,16,18,22,35H,1-5,7-8,10-13,15,17H2,(H,29,30,31). The van der Waals surface area contributed by atoms with E-state index >= 15 is 0 Å². The van der Waals surface area contributed by atoms with Crippen molar-refractivity contribution in [2.45, 2.75) is 82.9 Å². The first kappa shape index (κ1) is 25.3. The highest BCUT2D eigenvalue weighted by Gasteiger charge is 2.30. The summed E-state index contributed by atoms with van der Waals surface area (Å²) >= 11 is 1.57. The second-order valence-corrected chi connectivity index (χ2v) is 11.8. The molecule has 4 heterocycles. The molecule has 38 heavy (non-hydrogen) atoms. The summed E-state index contributed by atoms with van der Waals surface area (Å²) < 4.78 is 0.951. The Kier molecular flexibility index (Phi) is 7.36. The molecule has 1 aliphatic carbocycles. The number of benzene rings is 1. The summed E-state index contributed by atoms with van der Waals surface area (Å²) in [4.78, 5) is 42.7. The van der Waals surface area contributed by atoms with Crippen LogP contribution in [0.5, 0.6) is 0 Å². The van der Waals surface area contributed by atoms with E-state index in [-0.39, 0.29) is 36.8 Å². The van der Waals surface area contributed by atoms with Crippen LogP contribution in [0.2, 0.25) is 0 Å². The molecule has 0 bridgehead atoms. The fourth-order valence-electron chi connectivity index (χ4n) is 5.73. The van der Waals surface area contributed by atoms with Crippen LogP contribution in [0.25, 0.3) is 10.2 Å². The van der Waals surface area contributed by atoms with Gasteiger partial charge >= 0.3 is 0 Å². The van der Waals surface area contributed by atoms with E-state index in [9.17, 15) is 14.7 Å². The van der Waals surface area contributed by atoms with Crippen LogP contribution in [0, 0.1) is 0 Å². The van der Waals surface area contributed by atoms with E-state index in [4.69, 9.17) is 15.0 Å². The summed E-state index contributed by atoms with van der Waals surface area (Å²) in [7, 11) is 0. The second-order valence-electron chi connectivity index (χ2n) is 10.7. The minimum atomic E-state index is -0.198. The van der Waals surface area contributed by atoms with Crippen molar-refractivity contribution >= 4 is 45.0 Å². The van der Waals surface area contributed by atoms with Gasteiger partial charge in [0.2, 0.25) is 17.8 Å². The quantitative estimate of drug-likeness (QED) is 0.437. The summed E-state index contributed by atoms with van der Waals surface area (Å²) in [6, 6.07) is 7.95. The number of aliphatic hydroxyl groups excluding tert-OH is 1. The van der Waals surface area contributed by atoms with Gasteiger partial charge in [-0.1, -0.05) is 6.42 Å². The summed E-state index contributed by atoms with van der Waals surface area (Å²) in [5.74, 6) is 0.369. The van der Waals surface area contributed by atoms with Gasteiger partial charge in [0, 0.05) is 31.8 Å². The number of hydrogen-bond donors (Lipinski definition) is 2. The molecular weight excluding hydrogens is 500 g/mol. The van der Waals surface area contributed by atoms with Crippen molar-refractivity contribution in [2.75, 3.05) is 23.3 Å². The predicted molar refractivity (Wildman–Crippen MR) is 147 cm³/mol. The second kappa shape index (κ2) is 11.0. The van der Waals surface area contributed by atoms with Gasteiger partial charge in [-0.25, -0.2) is 15.0 Å². The van der Waals surface area contributed by atoms with E-state index in [2.05, 4.69) is 16.3 Å². The van der Waals surface area contributed by atoms with Gasteiger partial charge in [-0.2, -0.15) is 0 Å². The molecule has 6 rings (SSSR count). The molecule has 2 aliphatic heterocycles. The Bertz CT molecular complexity index is 1310. The molecule has 3 fully saturated rings. The molecular formula is C28H34N6O3S. The molecule has 0 unspecified atom stereocenters. The third kappa shape index (κ3) is 5.72. The van der Waals surface area contributed by atoms with Crippen molar-refractivity contribution in [3.8, 4) is 0 Å². The average molecular weight is 535 g/mol. The fraction of sp³-hybridized carbons (Fsp3) is 0.536. The lowest BCUT2D eigenvalue weighted by molar-refractivity contribution is -0.121. The third-order valence-electron chi connectivity index (χ3n) is 7.75. The number of likely N-dealkylation sites (tertiary alicyclic amines) is 1. The number of nitrogens with zero attached hydrogens (tertiary/aromatic N) is 5. The topological polar surface area (TPSA) is 112 Å². The van der Waals surface area contributed by atoms with Crippen molar-refractivity contribution in [3.05, 3.63) is 40.7 Å². The lowest BCUT2D eigenvalue weighted by atomic mass is 9.93. The number of carbonyl (C=O) groups excluding carboxylic acids is 2. The maximum absolute atomic E-state index is 12.2. The van der Waals surface area contributed by atoms with Crippen LogP contribution < -0.4 is 10.2 Å². The van der Waals surface area contributed by atoms with Crippen LogP contribution >= 0.6 is 11.3 Å². The van der Waals surface area contributed by atoms with E-state index in [1.54, 1.807) is 17.4 Å². The van der Waals surface area contributed by atoms with Gasteiger partial charge in [0.1, 0.15) is 0 Å². The fourth-order valence-corrected chi connectivity index (χ4v) is 6.75. The van der Waals surface area contributed by atoms with Gasteiger partial charge in [-0.15, -0.1) is 11.3 Å². The molecule has 1 saturated carbocycles. The largest absolute Gasteiger partial charge is 0.393 e. The number of thiazole rings is 1. The number of hydrogen-bond acceptors (Lipinski definition) is 9. The number of aliphatic hydroxyl groups is 1. The lowest BCUT2D eigenvalue weighted by Gasteiger charge is -2.27. The third-order valence-corrected chi connectivity index (χ3v) is 8.77. The zero-order valence-corrected chi connectivity index (χ0v) is 22.4. The van der Waals surface area contributed by atoms with Crippen LogP contribution in [0.4, 0.5) is 11.6 Å². The highest BCUT2D eigenvalue weighted by molar-refractivity contribution is 7.18. The molecule has 2 amide bonds. The number of anilines is 2. The van der Waals surface area contributed by atoms with Gasteiger partial charge in [0.25, 0.3) is 0 Å². The molecule has 9 nitrogen and oxygen atoms in total. The Morgan fingerprint density at radius 2 is 1.66 bits per heavy atom. The van der Waals surface area contributed by atoms with Crippen molar-refractivity contribution in [1.82, 2.24) is 19.9 Å². The zero-order valence-electron chi connectivity index (χ0n) is 21.6. The number of piperidine rings is 1. The first-order valence-electron chi connectivity index (χ1n) is 13.8. The first-order valence-corrected chi connectivity index (χ1v) is 14.6. The number of amides is 2. The molecule has 3 aromatic rings. The Hall–Kier alpha value is -2.95. The van der Waals surface area contributed by atoms with Gasteiger partial charge in [0.15, 0.2) is 0 Å². The number of imide groups is 1. The summed E-state index contributed by atoms with van der Waals surface area (Å²) in [5.41, 5.74) is 3.42. The minimum absolute atomic E-state index is 0.145. The van der Waals surface area contributed by atoms with E-state index in [1.165, 1.54) is 24.2 Å². The Balaban J connectivity index is 1.24. The van der Waals surface area contributed by atoms with Gasteiger partial charge in [0.05, 0.1) is 38.4 Å². The van der Waals surface area contributed by atoms with Crippen LogP contribution in [0.1, 0.15) is 74.2 Å². The number of aromatic nitrogens is 3. The van der Waals surface area contributed by atoms with E-state index in [1.807, 2.05) is 12.1 Å². The average Bonchev–Trinajstić information content (AvgIpc) is 3.46. The molecule has 2 aromatic heterocycles. The Labute approximate surface area is 226 Å². The van der Waals surface area contributed by atoms with E-state index < -0.39 is 0 Å². The molecule has 10 heteroatoms. The first-order chi connectivity index (χ1) is 18.5. The summed E-state index contributed by atoms with van der Waals surface area (Å²) in [5, 5.41) is 14.4. The molecule has 3 aliphatic rings. The number of fused-ring (bicyclic) bond motifs is 1. The number of nitrogens with one attached hydrogen (secondary N) is 1. The molecule has 1 aromatic carbocycles. The number of carbonyl (C=O) groups is 2. The molecule has 2 saturated heterocycles. The maximum atomic E-state index is 12.2. The minimum Gasteiger partial charge on any atom is -0.393 e. The van der Waals surface area contributed by atoms with Gasteiger partial charge in [-0.3, -0.25) is 19.4 Å². The zero-order chi connectivity index (χ0) is 26.1. The molecule has 0 spiro atoms. The maximum Gasteiger partial charge on any atom is 0.234 e. The van der Waals surface area contributed by atoms with Crippen molar-refractivity contribution in [3.63, 3.8) is 0 Å². The monoisotopic (exact) mass is 534 g/mol. The van der Waals surface area contributed by atoms with Crippen LogP contribution in [0.15, 0.2) is 24.3 Å². The normalized spacial score (nSPS) is 22.9. The predicted octanol–water partition coefficient (Wildman–Crippen LogP) is 4.03. The summed E-state index contributed by atoms with van der Waals surface area (Å²) in [6.45, 7) is 3.02. The van der Waals surface area contributed by atoms with E-state index in [0.717, 1.165) is 71.9 Å².